The molecule has 11 unspecified atom stereocenters. The summed E-state index contributed by atoms with van der Waals surface area (Å²) in [6.07, 6.45) is -37.8. The molecule has 16 rings (SSSR count). The third-order valence-electron chi connectivity index (χ3n) is 24.3. The molecule has 4 fully saturated rings. The minimum absolute atomic E-state index is 0.00375. The number of carbonyl (C=O) groups is 10. The van der Waals surface area contributed by atoms with Crippen LogP contribution in [0.25, 0.3) is 0 Å². The van der Waals surface area contributed by atoms with Crippen LogP contribution in [0, 0.1) is 0 Å². The average molecular weight is 2000 g/mol. The lowest BCUT2D eigenvalue weighted by Crippen LogP contribution is -2.69. The van der Waals surface area contributed by atoms with Crippen molar-refractivity contribution in [1.29, 1.82) is 0 Å². The Labute approximate surface area is 847 Å². The zero-order valence-electron chi connectivity index (χ0n) is 79.9. The summed E-state index contributed by atoms with van der Waals surface area (Å²) in [7, 11) is 0. The van der Waals surface area contributed by atoms with E-state index in [1.54, 1.807) is 279 Å². The van der Waals surface area contributed by atoms with Gasteiger partial charge in [0.25, 0.3) is 0 Å². The molecule has 31 heteroatoms. The fourth-order valence-electron chi connectivity index (χ4n) is 16.9. The van der Waals surface area contributed by atoms with Gasteiger partial charge in [-0.25, -0.2) is 38.4 Å². The number of hydrogen-bond donors (Lipinski definition) is 0. The second-order valence-corrected chi connectivity index (χ2v) is 34.6. The Morgan fingerprint density at radius 3 is 0.728 bits per heavy atom. The topological polar surface area (TPSA) is 365 Å². The summed E-state index contributed by atoms with van der Waals surface area (Å²) in [5.41, 5.74) is 2.34. The molecule has 4 aliphatic heterocycles. The fraction of sp³-hybridized carbons (Fsp3) is 0.276. The second-order valence-electron chi connectivity index (χ2n) is 34.6. The molecule has 0 spiro atoms. The summed E-state index contributed by atoms with van der Waals surface area (Å²) in [6.45, 7) is 0.367. The van der Waals surface area contributed by atoms with E-state index in [-0.39, 0.29) is 77.4 Å². The zero-order chi connectivity index (χ0) is 102. The number of ketones is 1. The number of hydrogen-bond acceptors (Lipinski definition) is 31. The lowest BCUT2D eigenvalue weighted by atomic mass is 9.94. The molecule has 4 saturated heterocycles. The van der Waals surface area contributed by atoms with Crippen LogP contribution >= 0.6 is 0 Å². The van der Waals surface area contributed by atoms with Gasteiger partial charge >= 0.3 is 53.7 Å². The van der Waals surface area contributed by atoms with Crippen molar-refractivity contribution in [1.82, 2.24) is 0 Å². The quantitative estimate of drug-likeness (QED) is 0.0194. The van der Waals surface area contributed by atoms with Crippen molar-refractivity contribution in [3.63, 3.8) is 0 Å². The molecule has 0 aliphatic carbocycles. The van der Waals surface area contributed by atoms with Crippen LogP contribution in [0.2, 0.25) is 0 Å². The summed E-state index contributed by atoms with van der Waals surface area (Å²) in [5.74, 6) is -9.06. The maximum absolute atomic E-state index is 16.2. The Morgan fingerprint density at radius 1 is 0.231 bits per heavy atom. The second kappa shape index (κ2) is 53.1. The first-order chi connectivity index (χ1) is 71.9. The highest BCUT2D eigenvalue weighted by Crippen LogP contribution is 2.43. The minimum atomic E-state index is -2.32. The van der Waals surface area contributed by atoms with Crippen molar-refractivity contribution in [2.75, 3.05) is 33.0 Å². The Kier molecular flexibility index (Phi) is 37.8. The predicted octanol–water partition coefficient (Wildman–Crippen LogP) is 16.2. The van der Waals surface area contributed by atoms with E-state index in [0.717, 1.165) is 0 Å². The van der Waals surface area contributed by atoms with Crippen molar-refractivity contribution in [2.24, 2.45) is 0 Å². The third kappa shape index (κ3) is 28.9. The molecule has 0 aromatic heterocycles. The molecule has 0 saturated carbocycles. The Morgan fingerprint density at radius 2 is 0.449 bits per heavy atom. The number of ether oxygens (including phenoxy) is 21. The molecular weight excluding hydrogens is 1890 g/mol. The van der Waals surface area contributed by atoms with Gasteiger partial charge in [0.15, 0.2) is 55.7 Å². The van der Waals surface area contributed by atoms with E-state index in [9.17, 15) is 19.2 Å². The highest BCUT2D eigenvalue weighted by molar-refractivity contribution is 5.93. The van der Waals surface area contributed by atoms with Crippen molar-refractivity contribution >= 4 is 59.5 Å². The van der Waals surface area contributed by atoms with Crippen LogP contribution in [0.4, 0.5) is 0 Å². The molecule has 0 bridgehead atoms. The van der Waals surface area contributed by atoms with E-state index >= 15 is 28.8 Å². The van der Waals surface area contributed by atoms with E-state index in [1.165, 1.54) is 97.9 Å². The number of Topliss-reactive ketones (excluding diaryl/α,β-unsaturated/α-hetero) is 1. The smallest absolute Gasteiger partial charge is 0.338 e. The first-order valence-electron chi connectivity index (χ1n) is 48.0. The van der Waals surface area contributed by atoms with E-state index < -0.39 is 222 Å². The summed E-state index contributed by atoms with van der Waals surface area (Å²) in [5, 5.41) is 0. The summed E-state index contributed by atoms with van der Waals surface area (Å²) in [4.78, 5) is 150. The molecule has 4 heterocycles. The van der Waals surface area contributed by atoms with Gasteiger partial charge in [-0.3, -0.25) is 4.79 Å². The zero-order valence-corrected chi connectivity index (χ0v) is 79.9. The van der Waals surface area contributed by atoms with E-state index in [4.69, 9.17) is 99.5 Å². The average Bonchev–Trinajstić information content (AvgIpc) is 0.748. The largest absolute Gasteiger partial charge is 0.459 e. The molecule has 147 heavy (non-hydrogen) atoms. The lowest BCUT2D eigenvalue weighted by Gasteiger charge is -2.52. The third-order valence-corrected chi connectivity index (χ3v) is 24.3. The van der Waals surface area contributed by atoms with Crippen LogP contribution < -0.4 is 0 Å². The highest BCUT2D eigenvalue weighted by Gasteiger charge is 2.62. The van der Waals surface area contributed by atoms with Crippen molar-refractivity contribution in [3.8, 4) is 0 Å². The van der Waals surface area contributed by atoms with E-state index in [0.29, 0.717) is 22.3 Å². The number of rotatable bonds is 45. The van der Waals surface area contributed by atoms with E-state index in [2.05, 4.69) is 6.58 Å². The highest BCUT2D eigenvalue weighted by atomic mass is 16.8. The monoisotopic (exact) mass is 2000 g/mol. The fourth-order valence-corrected chi connectivity index (χ4v) is 16.9. The van der Waals surface area contributed by atoms with Crippen LogP contribution in [0.5, 0.6) is 0 Å². The summed E-state index contributed by atoms with van der Waals surface area (Å²) < 4.78 is 147. The van der Waals surface area contributed by atoms with E-state index in [1.807, 2.05) is 0 Å². The van der Waals surface area contributed by atoms with Crippen molar-refractivity contribution in [3.05, 3.63) is 443 Å². The molecule has 12 aromatic carbocycles. The molecule has 0 N–H and O–H groups in total. The summed E-state index contributed by atoms with van der Waals surface area (Å²) >= 11 is 0. The van der Waals surface area contributed by atoms with Gasteiger partial charge in [-0.05, 0) is 126 Å². The Bertz CT molecular complexity index is 6240. The van der Waals surface area contributed by atoms with Crippen LogP contribution in [-0.4, -0.2) is 215 Å². The normalized spacial score (nSPS) is 23.6. The van der Waals surface area contributed by atoms with Gasteiger partial charge in [-0.15, -0.1) is 6.58 Å². The molecule has 758 valence electrons. The molecule has 0 amide bonds. The molecule has 12 aromatic rings. The van der Waals surface area contributed by atoms with Crippen LogP contribution in [0.1, 0.15) is 125 Å². The van der Waals surface area contributed by atoms with Gasteiger partial charge in [-0.1, -0.05) is 273 Å². The Balaban J connectivity index is 0.924. The van der Waals surface area contributed by atoms with Gasteiger partial charge in [0.1, 0.15) is 99.4 Å². The molecule has 31 nitrogen and oxygen atoms in total. The van der Waals surface area contributed by atoms with Crippen molar-refractivity contribution in [2.45, 2.75) is 169 Å². The van der Waals surface area contributed by atoms with Gasteiger partial charge in [0.05, 0.1) is 84.0 Å². The molecule has 4 aliphatic rings. The van der Waals surface area contributed by atoms with Crippen LogP contribution in [0.15, 0.2) is 377 Å². The number of carbonyl (C=O) groups excluding carboxylic acids is 10. The van der Waals surface area contributed by atoms with Gasteiger partial charge in [0.2, 0.25) is 0 Å². The maximum atomic E-state index is 16.2. The number of esters is 9. The lowest BCUT2D eigenvalue weighted by molar-refractivity contribution is -0.396. The van der Waals surface area contributed by atoms with Crippen LogP contribution in [-0.2, 0) is 135 Å². The molecular formula is C116H108O31. The minimum Gasteiger partial charge on any atom is -0.459 e. The Hall–Kier alpha value is -15.2. The molecule has 0 radical (unpaired) electrons. The van der Waals surface area contributed by atoms with Crippen LogP contribution in [0.3, 0.4) is 0 Å². The maximum Gasteiger partial charge on any atom is 0.338 e. The SMILES string of the molecule is C=CCO[C@@H]1OC(COC(=O)c2ccccc2)[C@H](OCc2ccccc2)C(O[C@H]2OC(COC(=O)c3ccccc3)[C@H](OC(=O)c3ccccc3)C(O[C@@H]3OC(COC(=O)c4ccccc4)[C@H](OCc4ccccc4)C(O[C@H]4OC(COC(=O)c5ccccc5)[C@H](OC(=O)c5ccccc5)[C@H](OC(=O)CCC(C)=O)C4OCc4ccccc4)C3OC(=O)c3ccccc3)C2OCc2ccccc2)C1OC(=O)c1ccccc1. The predicted molar refractivity (Wildman–Crippen MR) is 525 cm³/mol. The first-order valence-corrected chi connectivity index (χ1v) is 48.0. The van der Waals surface area contributed by atoms with Gasteiger partial charge < -0.3 is 104 Å². The summed E-state index contributed by atoms with van der Waals surface area (Å²) in [6, 6.07) is 98.1. The van der Waals surface area contributed by atoms with Gasteiger partial charge in [0, 0.05) is 6.42 Å². The van der Waals surface area contributed by atoms with Gasteiger partial charge in [-0.2, -0.15) is 0 Å². The molecule has 20 atom stereocenters. The standard InChI is InChI=1S/C116H108O31/c1-3-66-127-113-103(143-111(125)86-60-36-14-37-61-86)97(93(128-67-76-40-16-4-17-41-76)88(136-113)71-132-105(119)80-48-24-8-25-49-80)145-115-102(131-70-79-46-22-7-23-47-79)100(96(142-110(124)85-58-34-13-35-59-85)91(139-115)74-135-108(122)83-54-30-11-31-55-83)147-116-104(144-112(126)87-62-38-15-39-63-87)98(94(129-68-77-42-18-5-19-43-77)89(137-116)72-133-106(120)81-50-26-9-27-51-81)146-114-101(130-69-78-44-20-6-21-45-78)99(140-92(118)65-64-75(2)117)95(141-109(123)84-56-32-12-33-57-84)90(138-114)73-134-107(121)82-52-28-10-29-53-82/h3-63,88-91,93-104,113-116H,1,64-74H2,2H3/t88?,89?,90?,91?,93-,94-,95-,96-,97?,98?,99-,100?,101?,102?,103?,104?,113+,114+,115+,116-/m0/s1. The number of benzene rings is 12. The van der Waals surface area contributed by atoms with Crippen molar-refractivity contribution < 1.29 is 147 Å². The first kappa shape index (κ1) is 105.